The molecule has 0 spiro atoms. The van der Waals surface area contributed by atoms with Crippen LogP contribution in [0.15, 0.2) is 0 Å². The second kappa shape index (κ2) is 7.27. The number of nitrogens with zero attached hydrogens (tertiary/aromatic N) is 1. The van der Waals surface area contributed by atoms with Crippen molar-refractivity contribution < 1.29 is 9.90 Å². The van der Waals surface area contributed by atoms with Gasteiger partial charge in [0.15, 0.2) is 0 Å². The molecular weight excluding hydrogens is 254 g/mol. The monoisotopic (exact) mass is 285 g/mol. The molecule has 1 rings (SSSR count). The summed E-state index contributed by atoms with van der Waals surface area (Å²) < 4.78 is 0. The van der Waals surface area contributed by atoms with Gasteiger partial charge in [0.25, 0.3) is 0 Å². The van der Waals surface area contributed by atoms with Gasteiger partial charge in [0.2, 0.25) is 0 Å². The molecule has 0 unspecified atom stereocenters. The predicted molar refractivity (Wildman–Crippen MR) is 81.7 cm³/mol. The van der Waals surface area contributed by atoms with Gasteiger partial charge >= 0.3 is 6.03 Å². The molecule has 0 saturated heterocycles. The third-order valence-electron chi connectivity index (χ3n) is 4.29. The number of urea groups is 1. The van der Waals surface area contributed by atoms with Gasteiger partial charge in [-0.1, -0.05) is 26.7 Å². The number of hydrogen-bond donors (Lipinski definition) is 3. The summed E-state index contributed by atoms with van der Waals surface area (Å²) in [5.41, 5.74) is -0.00792. The molecule has 1 saturated carbocycles. The lowest BCUT2D eigenvalue weighted by Gasteiger charge is -2.36. The minimum absolute atomic E-state index is 0.00792. The van der Waals surface area contributed by atoms with Crippen LogP contribution in [-0.2, 0) is 0 Å². The summed E-state index contributed by atoms with van der Waals surface area (Å²) >= 11 is 0. The Balaban J connectivity index is 2.44. The second-order valence-electron chi connectivity index (χ2n) is 7.02. The molecule has 0 bridgehead atoms. The van der Waals surface area contributed by atoms with Gasteiger partial charge in [0.05, 0.1) is 12.1 Å². The molecule has 3 N–H and O–H groups in total. The average Bonchev–Trinajstić information content (AvgIpc) is 2.30. The number of rotatable bonds is 5. The molecule has 5 nitrogen and oxygen atoms in total. The summed E-state index contributed by atoms with van der Waals surface area (Å²) in [6, 6.07) is -0.214. The first-order chi connectivity index (χ1) is 9.22. The van der Waals surface area contributed by atoms with Crippen LogP contribution in [0.3, 0.4) is 0 Å². The number of carbonyl (C=O) groups is 1. The van der Waals surface area contributed by atoms with E-state index in [9.17, 15) is 9.90 Å². The summed E-state index contributed by atoms with van der Waals surface area (Å²) in [5.74, 6) is 0. The molecule has 2 amide bonds. The first-order valence-electron chi connectivity index (χ1n) is 7.62. The van der Waals surface area contributed by atoms with E-state index in [-0.39, 0.29) is 23.5 Å². The summed E-state index contributed by atoms with van der Waals surface area (Å²) in [6.45, 7) is 7.22. The van der Waals surface area contributed by atoms with Crippen molar-refractivity contribution in [3.63, 3.8) is 0 Å². The van der Waals surface area contributed by atoms with Crippen LogP contribution in [0.25, 0.3) is 0 Å². The summed E-state index contributed by atoms with van der Waals surface area (Å²) in [6.07, 6.45) is 3.37. The topological polar surface area (TPSA) is 64.6 Å². The lowest BCUT2D eigenvalue weighted by molar-refractivity contribution is 0.0930. The average molecular weight is 285 g/mol. The van der Waals surface area contributed by atoms with Crippen LogP contribution < -0.4 is 10.6 Å². The first-order valence-corrected chi connectivity index (χ1v) is 7.62. The Kier molecular flexibility index (Phi) is 6.27. The maximum absolute atomic E-state index is 12.1. The molecule has 1 aliphatic carbocycles. The van der Waals surface area contributed by atoms with Gasteiger partial charge in [-0.25, -0.2) is 4.79 Å². The Morgan fingerprint density at radius 3 is 2.50 bits per heavy atom. The number of aliphatic hydroxyl groups excluding tert-OH is 1. The van der Waals surface area contributed by atoms with Crippen LogP contribution in [0, 0.1) is 5.41 Å². The lowest BCUT2D eigenvalue weighted by Crippen LogP contribution is -2.54. The van der Waals surface area contributed by atoms with E-state index in [1.807, 2.05) is 21.0 Å². The molecule has 118 valence electrons. The smallest absolute Gasteiger partial charge is 0.315 e. The zero-order valence-electron chi connectivity index (χ0n) is 13.6. The summed E-state index contributed by atoms with van der Waals surface area (Å²) in [4.78, 5) is 14.2. The highest BCUT2D eigenvalue weighted by Crippen LogP contribution is 2.21. The fraction of sp³-hybridized carbons (Fsp3) is 0.933. The maximum Gasteiger partial charge on any atom is 0.315 e. The van der Waals surface area contributed by atoms with Gasteiger partial charge in [-0.05, 0) is 39.3 Å². The van der Waals surface area contributed by atoms with Gasteiger partial charge < -0.3 is 20.6 Å². The van der Waals surface area contributed by atoms with Crippen molar-refractivity contribution >= 4 is 6.03 Å². The molecule has 0 aromatic carbocycles. The third-order valence-corrected chi connectivity index (χ3v) is 4.29. The van der Waals surface area contributed by atoms with E-state index < -0.39 is 6.10 Å². The van der Waals surface area contributed by atoms with Crippen molar-refractivity contribution in [3.05, 3.63) is 0 Å². The molecular formula is C15H31N3O2. The Morgan fingerprint density at radius 2 is 1.95 bits per heavy atom. The molecule has 1 aliphatic rings. The number of hydrogen-bond acceptors (Lipinski definition) is 3. The van der Waals surface area contributed by atoms with Crippen LogP contribution in [0.1, 0.15) is 46.5 Å². The Labute approximate surface area is 123 Å². The lowest BCUT2D eigenvalue weighted by atomic mass is 9.85. The minimum atomic E-state index is -0.403. The number of nitrogens with one attached hydrogen (secondary N) is 2. The normalized spacial score (nSPS) is 25.4. The molecule has 20 heavy (non-hydrogen) atoms. The van der Waals surface area contributed by atoms with Crippen LogP contribution in [0.2, 0.25) is 0 Å². The van der Waals surface area contributed by atoms with Crippen LogP contribution in [-0.4, -0.2) is 54.9 Å². The van der Waals surface area contributed by atoms with E-state index in [0.29, 0.717) is 0 Å². The Morgan fingerprint density at radius 1 is 1.35 bits per heavy atom. The highest BCUT2D eigenvalue weighted by molar-refractivity contribution is 5.74. The van der Waals surface area contributed by atoms with Gasteiger partial charge in [-0.3, -0.25) is 0 Å². The van der Waals surface area contributed by atoms with E-state index in [4.69, 9.17) is 0 Å². The Hall–Kier alpha value is -0.810. The first kappa shape index (κ1) is 17.2. The fourth-order valence-electron chi connectivity index (χ4n) is 2.83. The largest absolute Gasteiger partial charge is 0.391 e. The predicted octanol–water partition coefficient (Wildman–Crippen LogP) is 1.57. The zero-order chi connectivity index (χ0) is 15.3. The molecule has 1 fully saturated rings. The summed E-state index contributed by atoms with van der Waals surface area (Å²) in [5, 5.41) is 15.8. The van der Waals surface area contributed by atoms with Gasteiger partial charge in [-0.2, -0.15) is 0 Å². The molecule has 3 atom stereocenters. The standard InChI is InChI=1S/C15H31N3O2/c1-11(15(2,3)10-18(4)5)16-14(20)17-12-8-6-7-9-13(12)19/h11-13,19H,6-10H2,1-5H3,(H2,16,17,20)/t11-,12+,13+/m0/s1. The van der Waals surface area contributed by atoms with Crippen molar-refractivity contribution in [2.24, 2.45) is 5.41 Å². The SMILES string of the molecule is C[C@H](NC(=O)N[C@@H]1CCCC[C@H]1O)C(C)(C)CN(C)C. The number of carbonyl (C=O) groups excluding carboxylic acids is 1. The van der Waals surface area contributed by atoms with E-state index in [1.54, 1.807) is 0 Å². The molecule has 0 aromatic rings. The van der Waals surface area contributed by atoms with Crippen molar-refractivity contribution in [2.45, 2.75) is 64.6 Å². The van der Waals surface area contributed by atoms with E-state index in [2.05, 4.69) is 29.4 Å². The van der Waals surface area contributed by atoms with Gasteiger partial charge in [-0.15, -0.1) is 0 Å². The highest BCUT2D eigenvalue weighted by Gasteiger charge is 2.29. The van der Waals surface area contributed by atoms with Crippen molar-refractivity contribution in [1.29, 1.82) is 0 Å². The quantitative estimate of drug-likeness (QED) is 0.718. The van der Waals surface area contributed by atoms with Crippen molar-refractivity contribution in [3.8, 4) is 0 Å². The summed E-state index contributed by atoms with van der Waals surface area (Å²) in [7, 11) is 4.07. The number of aliphatic hydroxyl groups is 1. The third kappa shape index (κ3) is 5.29. The molecule has 0 aromatic heterocycles. The van der Waals surface area contributed by atoms with Crippen LogP contribution in [0.4, 0.5) is 4.79 Å². The van der Waals surface area contributed by atoms with Crippen molar-refractivity contribution in [1.82, 2.24) is 15.5 Å². The molecule has 0 heterocycles. The maximum atomic E-state index is 12.1. The fourth-order valence-corrected chi connectivity index (χ4v) is 2.83. The highest BCUT2D eigenvalue weighted by atomic mass is 16.3. The number of amides is 2. The van der Waals surface area contributed by atoms with E-state index in [1.165, 1.54) is 0 Å². The van der Waals surface area contributed by atoms with Crippen LogP contribution in [0.5, 0.6) is 0 Å². The minimum Gasteiger partial charge on any atom is -0.391 e. The Bertz CT molecular complexity index is 318. The van der Waals surface area contributed by atoms with Crippen molar-refractivity contribution in [2.75, 3.05) is 20.6 Å². The molecule has 5 heteroatoms. The van der Waals surface area contributed by atoms with Gasteiger partial charge in [0, 0.05) is 12.6 Å². The van der Waals surface area contributed by atoms with E-state index in [0.717, 1.165) is 32.2 Å². The van der Waals surface area contributed by atoms with Crippen LogP contribution >= 0.6 is 0 Å². The molecule has 0 radical (unpaired) electrons. The second-order valence-corrected chi connectivity index (χ2v) is 7.02. The van der Waals surface area contributed by atoms with E-state index >= 15 is 0 Å². The zero-order valence-corrected chi connectivity index (χ0v) is 13.6. The molecule has 0 aliphatic heterocycles. The van der Waals surface area contributed by atoms with Gasteiger partial charge in [0.1, 0.15) is 0 Å².